The summed E-state index contributed by atoms with van der Waals surface area (Å²) in [5.74, 6) is 0.816. The molecule has 0 aliphatic carbocycles. The molecule has 0 unspecified atom stereocenters. The summed E-state index contributed by atoms with van der Waals surface area (Å²) in [6, 6.07) is 9.68. The van der Waals surface area contributed by atoms with Crippen molar-refractivity contribution in [3.63, 3.8) is 0 Å². The van der Waals surface area contributed by atoms with Crippen LogP contribution in [0, 0.1) is 20.8 Å². The Kier molecular flexibility index (Phi) is 3.97. The van der Waals surface area contributed by atoms with Crippen molar-refractivity contribution in [2.24, 2.45) is 0 Å². The fourth-order valence-electron chi connectivity index (χ4n) is 2.40. The number of hydrogen-bond acceptors (Lipinski definition) is 5. The third kappa shape index (κ3) is 3.01. The van der Waals surface area contributed by atoms with E-state index in [2.05, 4.69) is 15.6 Å². The van der Waals surface area contributed by atoms with Gasteiger partial charge in [-0.05, 0) is 20.8 Å². The van der Waals surface area contributed by atoms with E-state index in [1.54, 1.807) is 6.92 Å². The number of hydrogen-bond donors (Lipinski definition) is 1. The number of aromatic nitrogens is 2. The zero-order valence-corrected chi connectivity index (χ0v) is 13.2. The van der Waals surface area contributed by atoms with E-state index in [0.717, 1.165) is 28.1 Å². The molecule has 118 valence electrons. The molecule has 0 spiro atoms. The second-order valence-electron chi connectivity index (χ2n) is 5.38. The van der Waals surface area contributed by atoms with Gasteiger partial charge in [0.2, 0.25) is 11.8 Å². The van der Waals surface area contributed by atoms with Crippen molar-refractivity contribution in [1.29, 1.82) is 0 Å². The summed E-state index contributed by atoms with van der Waals surface area (Å²) < 4.78 is 10.3. The van der Waals surface area contributed by atoms with Gasteiger partial charge in [0.05, 0.1) is 12.1 Å². The largest absolute Gasteiger partial charge is 0.361 e. The highest BCUT2D eigenvalue weighted by Gasteiger charge is 2.18. The van der Waals surface area contributed by atoms with E-state index in [9.17, 15) is 4.79 Å². The standard InChI is InChI=1S/C17H17N3O3/c1-10-16(13-7-5-4-6-8-13)20-23-17(10)18-15(21)9-14-11(2)19-22-12(14)3/h4-8H,9H2,1-3H3,(H,18,21). The highest BCUT2D eigenvalue weighted by atomic mass is 16.5. The third-order valence-electron chi connectivity index (χ3n) is 3.74. The molecule has 0 radical (unpaired) electrons. The molecular formula is C17H17N3O3. The molecule has 3 aromatic rings. The Morgan fingerprint density at radius 1 is 1.09 bits per heavy atom. The zero-order valence-electron chi connectivity index (χ0n) is 13.2. The maximum Gasteiger partial charge on any atom is 0.234 e. The van der Waals surface area contributed by atoms with Gasteiger partial charge in [0.1, 0.15) is 11.5 Å². The van der Waals surface area contributed by atoms with Crippen molar-refractivity contribution in [3.05, 3.63) is 52.9 Å². The Morgan fingerprint density at radius 2 is 1.83 bits per heavy atom. The average Bonchev–Trinajstić information content (AvgIpc) is 3.06. The lowest BCUT2D eigenvalue weighted by Gasteiger charge is -2.02. The highest BCUT2D eigenvalue weighted by molar-refractivity contribution is 5.92. The molecule has 0 saturated heterocycles. The summed E-state index contributed by atoms with van der Waals surface area (Å²) in [4.78, 5) is 12.2. The summed E-state index contributed by atoms with van der Waals surface area (Å²) in [5, 5.41) is 10.7. The molecule has 23 heavy (non-hydrogen) atoms. The van der Waals surface area contributed by atoms with Gasteiger partial charge in [-0.2, -0.15) is 0 Å². The quantitative estimate of drug-likeness (QED) is 0.798. The predicted molar refractivity (Wildman–Crippen MR) is 85.0 cm³/mol. The Labute approximate surface area is 133 Å². The van der Waals surface area contributed by atoms with Crippen LogP contribution in [0.25, 0.3) is 11.3 Å². The third-order valence-corrected chi connectivity index (χ3v) is 3.74. The lowest BCUT2D eigenvalue weighted by Crippen LogP contribution is -2.15. The van der Waals surface area contributed by atoms with E-state index in [1.807, 2.05) is 44.2 Å². The summed E-state index contributed by atoms with van der Waals surface area (Å²) >= 11 is 0. The fraction of sp³-hybridized carbons (Fsp3) is 0.235. The number of aryl methyl sites for hydroxylation is 2. The summed E-state index contributed by atoms with van der Waals surface area (Å²) in [5.41, 5.74) is 3.97. The summed E-state index contributed by atoms with van der Waals surface area (Å²) in [7, 11) is 0. The molecule has 0 aliphatic rings. The van der Waals surface area contributed by atoms with Crippen molar-refractivity contribution < 1.29 is 13.8 Å². The normalized spacial score (nSPS) is 10.7. The smallest absolute Gasteiger partial charge is 0.234 e. The van der Waals surface area contributed by atoms with Crippen LogP contribution in [0.4, 0.5) is 5.88 Å². The van der Waals surface area contributed by atoms with Gasteiger partial charge in [0.25, 0.3) is 0 Å². The molecule has 6 nitrogen and oxygen atoms in total. The first-order valence-electron chi connectivity index (χ1n) is 7.29. The lowest BCUT2D eigenvalue weighted by atomic mass is 10.1. The molecule has 0 bridgehead atoms. The first-order chi connectivity index (χ1) is 11.1. The zero-order chi connectivity index (χ0) is 16.4. The minimum absolute atomic E-state index is 0.183. The Morgan fingerprint density at radius 3 is 2.48 bits per heavy atom. The van der Waals surface area contributed by atoms with Gasteiger partial charge >= 0.3 is 0 Å². The number of carbonyl (C=O) groups is 1. The van der Waals surface area contributed by atoms with Gasteiger partial charge < -0.3 is 9.05 Å². The first-order valence-corrected chi connectivity index (χ1v) is 7.29. The molecule has 3 rings (SSSR count). The van der Waals surface area contributed by atoms with Gasteiger partial charge in [0.15, 0.2) is 0 Å². The van der Waals surface area contributed by atoms with Crippen LogP contribution in [-0.2, 0) is 11.2 Å². The van der Waals surface area contributed by atoms with E-state index in [1.165, 1.54) is 0 Å². The second kappa shape index (κ2) is 6.08. The number of carbonyl (C=O) groups excluding carboxylic acids is 1. The van der Waals surface area contributed by atoms with Crippen LogP contribution < -0.4 is 5.32 Å². The van der Waals surface area contributed by atoms with E-state index in [-0.39, 0.29) is 12.3 Å². The van der Waals surface area contributed by atoms with Crippen LogP contribution in [0.1, 0.15) is 22.6 Å². The molecule has 2 aromatic heterocycles. The molecule has 0 aliphatic heterocycles. The van der Waals surface area contributed by atoms with Crippen molar-refractivity contribution in [3.8, 4) is 11.3 Å². The van der Waals surface area contributed by atoms with Crippen molar-refractivity contribution in [1.82, 2.24) is 10.3 Å². The van der Waals surface area contributed by atoms with Crippen LogP contribution in [-0.4, -0.2) is 16.2 Å². The maximum absolute atomic E-state index is 12.2. The molecule has 0 atom stereocenters. The van der Waals surface area contributed by atoms with Crippen molar-refractivity contribution in [2.45, 2.75) is 27.2 Å². The minimum atomic E-state index is -0.196. The van der Waals surface area contributed by atoms with Crippen LogP contribution >= 0.6 is 0 Å². The monoisotopic (exact) mass is 311 g/mol. The SMILES string of the molecule is Cc1noc(C)c1CC(=O)Nc1onc(-c2ccccc2)c1C. The fourth-order valence-corrected chi connectivity index (χ4v) is 2.40. The van der Waals surface area contributed by atoms with Crippen LogP contribution in [0.5, 0.6) is 0 Å². The number of nitrogens with zero attached hydrogens (tertiary/aromatic N) is 2. The highest BCUT2D eigenvalue weighted by Crippen LogP contribution is 2.27. The van der Waals surface area contributed by atoms with Gasteiger partial charge in [-0.1, -0.05) is 40.6 Å². The summed E-state index contributed by atoms with van der Waals surface area (Å²) in [6.07, 6.45) is 0.183. The Balaban J connectivity index is 1.76. The number of nitrogens with one attached hydrogen (secondary N) is 1. The van der Waals surface area contributed by atoms with Crippen molar-refractivity contribution >= 4 is 11.8 Å². The molecule has 1 amide bonds. The summed E-state index contributed by atoms with van der Waals surface area (Å²) in [6.45, 7) is 5.46. The van der Waals surface area contributed by atoms with E-state index >= 15 is 0 Å². The van der Waals surface area contributed by atoms with Gasteiger partial charge in [-0.25, -0.2) is 0 Å². The molecule has 6 heteroatoms. The first kappa shape index (κ1) is 15.0. The molecule has 1 N–H and O–H groups in total. The van der Waals surface area contributed by atoms with Gasteiger partial charge in [0, 0.05) is 16.7 Å². The number of amides is 1. The van der Waals surface area contributed by atoms with E-state index < -0.39 is 0 Å². The topological polar surface area (TPSA) is 81.2 Å². The number of rotatable bonds is 4. The minimum Gasteiger partial charge on any atom is -0.361 e. The van der Waals surface area contributed by atoms with Gasteiger partial charge in [-0.3, -0.25) is 10.1 Å². The molecular weight excluding hydrogens is 294 g/mol. The molecule has 0 saturated carbocycles. The average molecular weight is 311 g/mol. The lowest BCUT2D eigenvalue weighted by molar-refractivity contribution is -0.115. The van der Waals surface area contributed by atoms with Gasteiger partial charge in [-0.15, -0.1) is 0 Å². The van der Waals surface area contributed by atoms with Crippen molar-refractivity contribution in [2.75, 3.05) is 5.32 Å². The molecule has 2 heterocycles. The predicted octanol–water partition coefficient (Wildman–Crippen LogP) is 3.44. The van der Waals surface area contributed by atoms with Crippen LogP contribution in [0.15, 0.2) is 39.4 Å². The Hall–Kier alpha value is -2.89. The number of benzene rings is 1. The number of anilines is 1. The second-order valence-corrected chi connectivity index (χ2v) is 5.38. The Bertz CT molecular complexity index is 815. The van der Waals surface area contributed by atoms with E-state index in [0.29, 0.717) is 11.6 Å². The van der Waals surface area contributed by atoms with Crippen LogP contribution in [0.3, 0.4) is 0 Å². The van der Waals surface area contributed by atoms with Crippen LogP contribution in [0.2, 0.25) is 0 Å². The molecule has 1 aromatic carbocycles. The maximum atomic E-state index is 12.2. The van der Waals surface area contributed by atoms with E-state index in [4.69, 9.17) is 9.05 Å². The molecule has 0 fully saturated rings.